The lowest BCUT2D eigenvalue weighted by Gasteiger charge is -2.12. The van der Waals surface area contributed by atoms with Crippen LogP contribution >= 0.6 is 0 Å². The number of nitrogens with zero attached hydrogens (tertiary/aromatic N) is 5. The van der Waals surface area contributed by atoms with Crippen molar-refractivity contribution < 1.29 is 0 Å². The lowest BCUT2D eigenvalue weighted by atomic mass is 9.93. The summed E-state index contributed by atoms with van der Waals surface area (Å²) < 4.78 is 0. The van der Waals surface area contributed by atoms with Gasteiger partial charge in [0.15, 0.2) is 17.5 Å². The average Bonchev–Trinajstić information content (AvgIpc) is 3.05. The second-order valence-corrected chi connectivity index (χ2v) is 9.42. The van der Waals surface area contributed by atoms with Gasteiger partial charge in [-0.3, -0.25) is 0 Å². The van der Waals surface area contributed by atoms with Gasteiger partial charge in [-0.15, -0.1) is 0 Å². The molecule has 2 heterocycles. The molecule has 0 saturated carbocycles. The zero-order valence-corrected chi connectivity index (χ0v) is 21.5. The minimum absolute atomic E-state index is 0.642. The largest absolute Gasteiger partial charge is 0.245 e. The van der Waals surface area contributed by atoms with E-state index in [1.807, 2.05) is 66.7 Å². The van der Waals surface area contributed by atoms with Crippen LogP contribution in [0, 0.1) is 0 Å². The highest BCUT2D eigenvalue weighted by Crippen LogP contribution is 2.35. The normalized spacial score (nSPS) is 11.0. The molecule has 0 aliphatic carbocycles. The van der Waals surface area contributed by atoms with E-state index in [1.165, 1.54) is 5.39 Å². The van der Waals surface area contributed by atoms with Gasteiger partial charge in [0.1, 0.15) is 6.33 Å². The molecule has 0 radical (unpaired) electrons. The molecule has 5 aromatic carbocycles. The van der Waals surface area contributed by atoms with Crippen molar-refractivity contribution in [2.24, 2.45) is 0 Å². The van der Waals surface area contributed by atoms with E-state index in [1.54, 1.807) is 12.5 Å². The molecule has 0 spiro atoms. The summed E-state index contributed by atoms with van der Waals surface area (Å²) in [6.07, 6.45) is 3.36. The van der Waals surface area contributed by atoms with Gasteiger partial charge in [0, 0.05) is 28.5 Å². The van der Waals surface area contributed by atoms with Crippen LogP contribution in [-0.4, -0.2) is 24.9 Å². The third-order valence-corrected chi connectivity index (χ3v) is 6.94. The molecule has 0 atom stereocenters. The van der Waals surface area contributed by atoms with Crippen LogP contribution in [0.2, 0.25) is 0 Å². The first kappa shape index (κ1) is 23.6. The van der Waals surface area contributed by atoms with E-state index in [2.05, 4.69) is 70.6 Å². The van der Waals surface area contributed by atoms with Crippen LogP contribution in [0.15, 0.2) is 140 Å². The Hall–Kier alpha value is -5.55. The Bertz CT molecular complexity index is 1860. The van der Waals surface area contributed by atoms with Gasteiger partial charge < -0.3 is 0 Å². The van der Waals surface area contributed by atoms with Crippen molar-refractivity contribution in [2.75, 3.05) is 0 Å². The Labute approximate surface area is 231 Å². The first-order valence-electron chi connectivity index (χ1n) is 13.1. The van der Waals surface area contributed by atoms with E-state index >= 15 is 0 Å². The second-order valence-electron chi connectivity index (χ2n) is 9.42. The molecule has 0 saturated heterocycles. The monoisotopic (exact) mass is 513 g/mol. The van der Waals surface area contributed by atoms with Crippen LogP contribution in [0.1, 0.15) is 0 Å². The highest BCUT2D eigenvalue weighted by Gasteiger charge is 2.14. The molecule has 2 aromatic heterocycles. The molecule has 0 N–H and O–H groups in total. The SMILES string of the molecule is c1ccc(-c2nc(-c3ccccc3)nc(-c3ccc(-c4ccc(-c5ccncn5)c5ccccc45)cc3)n2)cc1. The summed E-state index contributed by atoms with van der Waals surface area (Å²) in [6.45, 7) is 0. The molecule has 188 valence electrons. The quantitative estimate of drug-likeness (QED) is 0.232. The Balaban J connectivity index is 1.31. The smallest absolute Gasteiger partial charge is 0.164 e. The third-order valence-electron chi connectivity index (χ3n) is 6.94. The number of rotatable bonds is 5. The van der Waals surface area contributed by atoms with Gasteiger partial charge in [-0.25, -0.2) is 24.9 Å². The predicted octanol–water partition coefficient (Wildman–Crippen LogP) is 8.15. The van der Waals surface area contributed by atoms with Gasteiger partial charge in [0.25, 0.3) is 0 Å². The molecule has 0 amide bonds. The summed E-state index contributed by atoms with van der Waals surface area (Å²) in [5, 5.41) is 2.32. The van der Waals surface area contributed by atoms with Crippen LogP contribution < -0.4 is 0 Å². The van der Waals surface area contributed by atoms with Gasteiger partial charge in [-0.1, -0.05) is 121 Å². The summed E-state index contributed by atoms with van der Waals surface area (Å²) in [5.41, 5.74) is 7.12. The fraction of sp³-hybridized carbons (Fsp3) is 0. The van der Waals surface area contributed by atoms with E-state index in [0.717, 1.165) is 44.5 Å². The predicted molar refractivity (Wildman–Crippen MR) is 160 cm³/mol. The van der Waals surface area contributed by atoms with Gasteiger partial charge in [-0.05, 0) is 28.0 Å². The number of hydrogen-bond donors (Lipinski definition) is 0. The van der Waals surface area contributed by atoms with Crippen molar-refractivity contribution in [1.82, 2.24) is 24.9 Å². The minimum atomic E-state index is 0.642. The van der Waals surface area contributed by atoms with Crippen LogP contribution in [0.3, 0.4) is 0 Å². The maximum atomic E-state index is 4.86. The van der Waals surface area contributed by atoms with Gasteiger partial charge >= 0.3 is 0 Å². The molecule has 0 fully saturated rings. The molecule has 5 nitrogen and oxygen atoms in total. The van der Waals surface area contributed by atoms with Crippen molar-refractivity contribution in [1.29, 1.82) is 0 Å². The van der Waals surface area contributed by atoms with Gasteiger partial charge in [0.2, 0.25) is 0 Å². The highest BCUT2D eigenvalue weighted by atomic mass is 15.0. The Morgan fingerprint density at radius 3 is 1.40 bits per heavy atom. The Morgan fingerprint density at radius 1 is 0.375 bits per heavy atom. The molecule has 7 rings (SSSR count). The van der Waals surface area contributed by atoms with Crippen molar-refractivity contribution in [2.45, 2.75) is 0 Å². The zero-order chi connectivity index (χ0) is 26.7. The molecule has 0 aliphatic heterocycles. The van der Waals surface area contributed by atoms with Crippen molar-refractivity contribution in [3.63, 3.8) is 0 Å². The van der Waals surface area contributed by atoms with Crippen molar-refractivity contribution >= 4 is 10.8 Å². The van der Waals surface area contributed by atoms with Crippen molar-refractivity contribution in [3.05, 3.63) is 140 Å². The number of fused-ring (bicyclic) bond motifs is 1. The fourth-order valence-corrected chi connectivity index (χ4v) is 4.96. The fourth-order valence-electron chi connectivity index (χ4n) is 4.96. The summed E-state index contributed by atoms with van der Waals surface area (Å²) in [7, 11) is 0. The summed E-state index contributed by atoms with van der Waals surface area (Å²) in [5.74, 6) is 1.95. The first-order valence-corrected chi connectivity index (χ1v) is 13.1. The zero-order valence-electron chi connectivity index (χ0n) is 21.5. The van der Waals surface area contributed by atoms with Crippen molar-refractivity contribution in [3.8, 4) is 56.5 Å². The van der Waals surface area contributed by atoms with Gasteiger partial charge in [-0.2, -0.15) is 0 Å². The van der Waals surface area contributed by atoms with E-state index in [-0.39, 0.29) is 0 Å². The van der Waals surface area contributed by atoms with E-state index in [0.29, 0.717) is 17.5 Å². The third kappa shape index (κ3) is 4.50. The number of hydrogen-bond acceptors (Lipinski definition) is 5. The molecule has 7 aromatic rings. The van der Waals surface area contributed by atoms with Crippen LogP contribution in [0.4, 0.5) is 0 Å². The minimum Gasteiger partial charge on any atom is -0.245 e. The Kier molecular flexibility index (Phi) is 6.07. The summed E-state index contributed by atoms with van der Waals surface area (Å²) >= 11 is 0. The van der Waals surface area contributed by atoms with E-state index < -0.39 is 0 Å². The van der Waals surface area contributed by atoms with Gasteiger partial charge in [0.05, 0.1) is 5.69 Å². The Morgan fingerprint density at radius 2 is 0.850 bits per heavy atom. The average molecular weight is 514 g/mol. The van der Waals surface area contributed by atoms with E-state index in [9.17, 15) is 0 Å². The molecule has 0 bridgehead atoms. The molecule has 5 heteroatoms. The second kappa shape index (κ2) is 10.3. The standard InChI is InChI=1S/C35H23N5/c1-3-9-25(10-4-1)33-38-34(26-11-5-2-6-12-26)40-35(39-33)27-17-15-24(16-18-27)28-19-20-31(32-21-22-36-23-37-32)30-14-8-7-13-29(28)30/h1-23H. The number of aromatic nitrogens is 5. The first-order chi connectivity index (χ1) is 19.8. The molecule has 0 unspecified atom stereocenters. The summed E-state index contributed by atoms with van der Waals surface area (Å²) in [6, 6.07) is 43.2. The maximum Gasteiger partial charge on any atom is 0.164 e. The molecule has 0 aliphatic rings. The lowest BCUT2D eigenvalue weighted by Crippen LogP contribution is -2.00. The molecule has 40 heavy (non-hydrogen) atoms. The lowest BCUT2D eigenvalue weighted by molar-refractivity contribution is 1.07. The van der Waals surface area contributed by atoms with Crippen LogP contribution in [0.25, 0.3) is 67.3 Å². The topological polar surface area (TPSA) is 64.5 Å². The molecular formula is C35H23N5. The van der Waals surface area contributed by atoms with Crippen LogP contribution in [0.5, 0.6) is 0 Å². The maximum absolute atomic E-state index is 4.86. The highest BCUT2D eigenvalue weighted by molar-refractivity contribution is 6.04. The van der Waals surface area contributed by atoms with E-state index in [4.69, 9.17) is 15.0 Å². The van der Waals surface area contributed by atoms with Crippen LogP contribution in [-0.2, 0) is 0 Å². The molecular weight excluding hydrogens is 490 g/mol. The summed E-state index contributed by atoms with van der Waals surface area (Å²) in [4.78, 5) is 23.1. The number of benzene rings is 5.